The van der Waals surface area contributed by atoms with Gasteiger partial charge < -0.3 is 20.0 Å². The molecule has 2 aliphatic rings. The van der Waals surface area contributed by atoms with Crippen LogP contribution >= 0.6 is 23.2 Å². The molecule has 4 rings (SSSR count). The second-order valence-electron chi connectivity index (χ2n) is 9.02. The molecule has 0 radical (unpaired) electrons. The Morgan fingerprint density at radius 3 is 2.44 bits per heavy atom. The van der Waals surface area contributed by atoms with Crippen LogP contribution < -0.4 is 5.32 Å². The zero-order valence-electron chi connectivity index (χ0n) is 19.4. The van der Waals surface area contributed by atoms with Crippen LogP contribution in [0.25, 0.3) is 0 Å². The van der Waals surface area contributed by atoms with Crippen molar-refractivity contribution < 1.29 is 9.59 Å². The van der Waals surface area contributed by atoms with Gasteiger partial charge in [0.1, 0.15) is 0 Å². The van der Waals surface area contributed by atoms with Gasteiger partial charge in [-0.1, -0.05) is 60.0 Å². The van der Waals surface area contributed by atoms with E-state index in [0.29, 0.717) is 41.8 Å². The molecule has 0 bridgehead atoms. The standard InChI is InChI=1S/C26H32Cl2N4O2/c27-22-11-10-21(18-23(22)28)29-26(34)32-17-12-25(33)31(16-7-15-30-13-5-2-6-14-30)19-24(32)20-8-3-1-4-9-20/h1,3-4,8-11,18,24H,2,5-7,12-17,19H2,(H,29,34). The zero-order chi connectivity index (χ0) is 23.9. The molecule has 2 aliphatic heterocycles. The number of hydrogen-bond acceptors (Lipinski definition) is 3. The normalized spacial score (nSPS) is 19.7. The van der Waals surface area contributed by atoms with Crippen LogP contribution in [0.3, 0.4) is 0 Å². The Balaban J connectivity index is 1.47. The van der Waals surface area contributed by atoms with Crippen molar-refractivity contribution in [1.29, 1.82) is 0 Å². The van der Waals surface area contributed by atoms with Crippen LogP contribution in [0.5, 0.6) is 0 Å². The minimum atomic E-state index is -0.254. The largest absolute Gasteiger partial charge is 0.340 e. The van der Waals surface area contributed by atoms with E-state index in [-0.39, 0.29) is 18.0 Å². The smallest absolute Gasteiger partial charge is 0.322 e. The predicted octanol–water partition coefficient (Wildman–Crippen LogP) is 5.68. The van der Waals surface area contributed by atoms with E-state index in [4.69, 9.17) is 23.2 Å². The molecule has 0 spiro atoms. The zero-order valence-corrected chi connectivity index (χ0v) is 20.9. The number of nitrogens with zero attached hydrogens (tertiary/aromatic N) is 3. The molecule has 2 aromatic carbocycles. The van der Waals surface area contributed by atoms with Gasteiger partial charge in [-0.3, -0.25) is 4.79 Å². The highest BCUT2D eigenvalue weighted by Gasteiger charge is 2.32. The van der Waals surface area contributed by atoms with Crippen molar-refractivity contribution in [3.05, 3.63) is 64.1 Å². The molecule has 0 saturated carbocycles. The number of carbonyl (C=O) groups excluding carboxylic acids is 2. The van der Waals surface area contributed by atoms with Gasteiger partial charge in [0.2, 0.25) is 5.91 Å². The van der Waals surface area contributed by atoms with Crippen molar-refractivity contribution in [3.63, 3.8) is 0 Å². The van der Waals surface area contributed by atoms with Gasteiger partial charge in [-0.2, -0.15) is 0 Å². The van der Waals surface area contributed by atoms with E-state index in [0.717, 1.165) is 31.6 Å². The summed E-state index contributed by atoms with van der Waals surface area (Å²) in [6, 6.07) is 14.5. The third kappa shape index (κ3) is 6.44. The van der Waals surface area contributed by atoms with E-state index in [1.807, 2.05) is 35.2 Å². The van der Waals surface area contributed by atoms with Gasteiger partial charge in [0.05, 0.1) is 16.1 Å². The Kier molecular flexibility index (Phi) is 8.70. The molecule has 0 aliphatic carbocycles. The number of benzene rings is 2. The topological polar surface area (TPSA) is 55.9 Å². The van der Waals surface area contributed by atoms with E-state index >= 15 is 0 Å². The van der Waals surface area contributed by atoms with Crippen molar-refractivity contribution in [1.82, 2.24) is 14.7 Å². The van der Waals surface area contributed by atoms with Crippen LogP contribution in [0, 0.1) is 0 Å². The van der Waals surface area contributed by atoms with E-state index in [9.17, 15) is 9.59 Å². The fourth-order valence-electron chi connectivity index (χ4n) is 4.80. The van der Waals surface area contributed by atoms with E-state index in [2.05, 4.69) is 10.2 Å². The number of nitrogens with one attached hydrogen (secondary N) is 1. The highest BCUT2D eigenvalue weighted by atomic mass is 35.5. The van der Waals surface area contributed by atoms with Crippen LogP contribution in [0.4, 0.5) is 10.5 Å². The van der Waals surface area contributed by atoms with Gasteiger partial charge in [0.25, 0.3) is 0 Å². The van der Waals surface area contributed by atoms with Gasteiger partial charge in [-0.15, -0.1) is 0 Å². The van der Waals surface area contributed by atoms with E-state index < -0.39 is 0 Å². The molecule has 0 aromatic heterocycles. The lowest BCUT2D eigenvalue weighted by Crippen LogP contribution is -2.41. The number of hydrogen-bond donors (Lipinski definition) is 1. The van der Waals surface area contributed by atoms with Crippen molar-refractivity contribution in [2.45, 2.75) is 38.1 Å². The average molecular weight is 503 g/mol. The first-order valence-corrected chi connectivity index (χ1v) is 12.8. The van der Waals surface area contributed by atoms with Crippen LogP contribution in [-0.2, 0) is 4.79 Å². The summed E-state index contributed by atoms with van der Waals surface area (Å²) in [4.78, 5) is 32.5. The summed E-state index contributed by atoms with van der Waals surface area (Å²) < 4.78 is 0. The lowest BCUT2D eigenvalue weighted by Gasteiger charge is -2.33. The summed E-state index contributed by atoms with van der Waals surface area (Å²) in [7, 11) is 0. The number of anilines is 1. The van der Waals surface area contributed by atoms with Crippen LogP contribution in [0.2, 0.25) is 10.0 Å². The molecule has 1 unspecified atom stereocenters. The summed E-state index contributed by atoms with van der Waals surface area (Å²) in [6.07, 6.45) is 5.10. The lowest BCUT2D eigenvalue weighted by molar-refractivity contribution is -0.130. The summed E-state index contributed by atoms with van der Waals surface area (Å²) in [5.41, 5.74) is 1.59. The van der Waals surface area contributed by atoms with Gasteiger partial charge >= 0.3 is 6.03 Å². The molecular weight excluding hydrogens is 471 g/mol. The van der Waals surface area contributed by atoms with E-state index in [1.165, 1.54) is 19.3 Å². The first-order chi connectivity index (χ1) is 16.5. The van der Waals surface area contributed by atoms with Crippen LogP contribution in [0.15, 0.2) is 48.5 Å². The Morgan fingerprint density at radius 2 is 1.71 bits per heavy atom. The lowest BCUT2D eigenvalue weighted by atomic mass is 10.1. The number of carbonyl (C=O) groups is 2. The molecule has 1 N–H and O–H groups in total. The highest BCUT2D eigenvalue weighted by molar-refractivity contribution is 6.42. The summed E-state index contributed by atoms with van der Waals surface area (Å²) in [5.74, 6) is 0.101. The first kappa shape index (κ1) is 24.8. The van der Waals surface area contributed by atoms with Gasteiger partial charge in [0.15, 0.2) is 0 Å². The molecule has 2 fully saturated rings. The maximum atomic E-state index is 13.3. The molecule has 2 heterocycles. The monoisotopic (exact) mass is 502 g/mol. The third-order valence-corrected chi connectivity index (χ3v) is 7.39. The van der Waals surface area contributed by atoms with Crippen molar-refractivity contribution in [3.8, 4) is 0 Å². The van der Waals surface area contributed by atoms with E-state index in [1.54, 1.807) is 23.1 Å². The van der Waals surface area contributed by atoms with Crippen molar-refractivity contribution in [2.75, 3.05) is 44.6 Å². The molecule has 6 nitrogen and oxygen atoms in total. The maximum absolute atomic E-state index is 13.3. The summed E-state index contributed by atoms with van der Waals surface area (Å²) in [5, 5.41) is 3.74. The fraction of sp³-hybridized carbons (Fsp3) is 0.462. The Labute approximate surface area is 211 Å². The van der Waals surface area contributed by atoms with Gasteiger partial charge in [-0.05, 0) is 62.7 Å². The Bertz CT molecular complexity index is 982. The minimum absolute atomic E-state index is 0.101. The van der Waals surface area contributed by atoms with Crippen molar-refractivity contribution in [2.24, 2.45) is 0 Å². The molecule has 1 atom stereocenters. The number of rotatable bonds is 6. The summed E-state index contributed by atoms with van der Waals surface area (Å²) in [6.45, 7) is 4.88. The number of likely N-dealkylation sites (tertiary alicyclic amines) is 1. The van der Waals surface area contributed by atoms with Crippen LogP contribution in [0.1, 0.15) is 43.7 Å². The molecule has 3 amide bonds. The number of amides is 3. The van der Waals surface area contributed by atoms with Gasteiger partial charge in [-0.25, -0.2) is 4.79 Å². The molecular formula is C26H32Cl2N4O2. The Hall–Kier alpha value is -2.28. The SMILES string of the molecule is O=C1CCN(C(=O)Nc2ccc(Cl)c(Cl)c2)C(c2ccccc2)CN1CCCN1CCCCC1. The first-order valence-electron chi connectivity index (χ1n) is 12.1. The molecule has 34 heavy (non-hydrogen) atoms. The summed E-state index contributed by atoms with van der Waals surface area (Å²) >= 11 is 12.1. The minimum Gasteiger partial charge on any atom is -0.340 e. The van der Waals surface area contributed by atoms with Crippen LogP contribution in [-0.4, -0.2) is 65.9 Å². The molecule has 8 heteroatoms. The fourth-order valence-corrected chi connectivity index (χ4v) is 5.09. The molecule has 2 saturated heterocycles. The molecule has 2 aromatic rings. The highest BCUT2D eigenvalue weighted by Crippen LogP contribution is 2.29. The predicted molar refractivity (Wildman–Crippen MR) is 137 cm³/mol. The number of urea groups is 1. The number of piperidine rings is 1. The van der Waals surface area contributed by atoms with Gasteiger partial charge in [0, 0.05) is 31.7 Å². The quantitative estimate of drug-likeness (QED) is 0.552. The maximum Gasteiger partial charge on any atom is 0.322 e. The Morgan fingerprint density at radius 1 is 0.941 bits per heavy atom. The van der Waals surface area contributed by atoms with Crippen molar-refractivity contribution >= 4 is 40.8 Å². The second-order valence-corrected chi connectivity index (χ2v) is 9.84. The molecule has 182 valence electrons. The average Bonchev–Trinajstić information content (AvgIpc) is 3.02. The second kappa shape index (κ2) is 11.9. The number of halogens is 2. The third-order valence-electron chi connectivity index (χ3n) is 6.66.